The lowest BCUT2D eigenvalue weighted by Crippen LogP contribution is -2.18. The van der Waals surface area contributed by atoms with Crippen LogP contribution in [0.2, 0.25) is 0 Å². The van der Waals surface area contributed by atoms with Crippen LogP contribution < -0.4 is 10.6 Å². The second-order valence-electron chi connectivity index (χ2n) is 5.05. The SMILES string of the molecule is CNC(=O)c1cccc(NC(=O)CCCc2ccccc2)c1. The zero-order valence-corrected chi connectivity index (χ0v) is 12.6. The molecule has 22 heavy (non-hydrogen) atoms. The highest BCUT2D eigenvalue weighted by Gasteiger charge is 2.06. The quantitative estimate of drug-likeness (QED) is 0.861. The van der Waals surface area contributed by atoms with Crippen molar-refractivity contribution in [2.45, 2.75) is 19.3 Å². The summed E-state index contributed by atoms with van der Waals surface area (Å²) in [5.41, 5.74) is 2.41. The molecule has 0 saturated carbocycles. The van der Waals surface area contributed by atoms with Gasteiger partial charge in [-0.15, -0.1) is 0 Å². The Morgan fingerprint density at radius 1 is 1.00 bits per heavy atom. The Labute approximate surface area is 130 Å². The number of carbonyl (C=O) groups excluding carboxylic acids is 2. The molecule has 0 atom stereocenters. The van der Waals surface area contributed by atoms with Crippen LogP contribution in [0.4, 0.5) is 5.69 Å². The minimum Gasteiger partial charge on any atom is -0.355 e. The Morgan fingerprint density at radius 3 is 2.50 bits per heavy atom. The minimum absolute atomic E-state index is 0.0370. The number of anilines is 1. The van der Waals surface area contributed by atoms with Gasteiger partial charge in [0.2, 0.25) is 5.91 Å². The molecule has 0 spiro atoms. The fourth-order valence-corrected chi connectivity index (χ4v) is 2.20. The van der Waals surface area contributed by atoms with Crippen LogP contribution in [-0.4, -0.2) is 18.9 Å². The van der Waals surface area contributed by atoms with Gasteiger partial charge in [0.25, 0.3) is 5.91 Å². The van der Waals surface area contributed by atoms with Gasteiger partial charge in [-0.3, -0.25) is 9.59 Å². The molecular weight excluding hydrogens is 276 g/mol. The molecular formula is C18H20N2O2. The summed E-state index contributed by atoms with van der Waals surface area (Å²) < 4.78 is 0. The van der Waals surface area contributed by atoms with Crippen LogP contribution in [0.15, 0.2) is 54.6 Å². The average molecular weight is 296 g/mol. The Balaban J connectivity index is 1.83. The van der Waals surface area contributed by atoms with Gasteiger partial charge in [-0.2, -0.15) is 0 Å². The Morgan fingerprint density at radius 2 is 1.77 bits per heavy atom. The zero-order valence-electron chi connectivity index (χ0n) is 12.6. The minimum atomic E-state index is -0.167. The predicted molar refractivity (Wildman–Crippen MR) is 87.8 cm³/mol. The third kappa shape index (κ3) is 4.74. The van der Waals surface area contributed by atoms with E-state index in [1.54, 1.807) is 31.3 Å². The number of hydrogen-bond donors (Lipinski definition) is 2. The molecule has 0 aliphatic heterocycles. The van der Waals surface area contributed by atoms with Crippen LogP contribution in [-0.2, 0) is 11.2 Å². The van der Waals surface area contributed by atoms with E-state index in [4.69, 9.17) is 0 Å². The Bertz CT molecular complexity index is 639. The highest BCUT2D eigenvalue weighted by molar-refractivity contribution is 5.97. The third-order valence-corrected chi connectivity index (χ3v) is 3.35. The van der Waals surface area contributed by atoms with Gasteiger partial charge < -0.3 is 10.6 Å². The molecule has 0 aromatic heterocycles. The number of hydrogen-bond acceptors (Lipinski definition) is 2. The predicted octanol–water partition coefficient (Wildman–Crippen LogP) is 3.01. The number of amides is 2. The van der Waals surface area contributed by atoms with Crippen LogP contribution in [0, 0.1) is 0 Å². The first-order valence-electron chi connectivity index (χ1n) is 7.35. The molecule has 0 aliphatic carbocycles. The van der Waals surface area contributed by atoms with Gasteiger partial charge in [-0.05, 0) is 36.6 Å². The molecule has 2 amide bonds. The number of carbonyl (C=O) groups is 2. The van der Waals surface area contributed by atoms with E-state index in [-0.39, 0.29) is 11.8 Å². The van der Waals surface area contributed by atoms with E-state index in [9.17, 15) is 9.59 Å². The van der Waals surface area contributed by atoms with Gasteiger partial charge in [0.15, 0.2) is 0 Å². The van der Waals surface area contributed by atoms with Gasteiger partial charge in [-0.1, -0.05) is 36.4 Å². The molecule has 4 heteroatoms. The van der Waals surface area contributed by atoms with Crippen molar-refractivity contribution in [2.24, 2.45) is 0 Å². The second-order valence-corrected chi connectivity index (χ2v) is 5.05. The molecule has 2 rings (SSSR count). The summed E-state index contributed by atoms with van der Waals surface area (Å²) in [6.45, 7) is 0. The molecule has 0 bridgehead atoms. The van der Waals surface area contributed by atoms with E-state index in [1.807, 2.05) is 18.2 Å². The van der Waals surface area contributed by atoms with E-state index in [0.29, 0.717) is 17.7 Å². The van der Waals surface area contributed by atoms with E-state index in [0.717, 1.165) is 12.8 Å². The maximum absolute atomic E-state index is 11.9. The second kappa shape index (κ2) is 7.98. The number of nitrogens with one attached hydrogen (secondary N) is 2. The summed E-state index contributed by atoms with van der Waals surface area (Å²) in [7, 11) is 1.58. The van der Waals surface area contributed by atoms with Crippen molar-refractivity contribution in [2.75, 3.05) is 12.4 Å². The first kappa shape index (κ1) is 15.8. The summed E-state index contributed by atoms with van der Waals surface area (Å²) in [5.74, 6) is -0.204. The van der Waals surface area contributed by atoms with Crippen LogP contribution in [0.5, 0.6) is 0 Å². The van der Waals surface area contributed by atoms with E-state index in [1.165, 1.54) is 5.56 Å². The van der Waals surface area contributed by atoms with Crippen LogP contribution in [0.3, 0.4) is 0 Å². The molecule has 0 saturated heterocycles. The van der Waals surface area contributed by atoms with Crippen molar-refractivity contribution >= 4 is 17.5 Å². The third-order valence-electron chi connectivity index (χ3n) is 3.35. The smallest absolute Gasteiger partial charge is 0.251 e. The lowest BCUT2D eigenvalue weighted by Gasteiger charge is -2.07. The number of rotatable bonds is 6. The fraction of sp³-hybridized carbons (Fsp3) is 0.222. The van der Waals surface area contributed by atoms with Gasteiger partial charge >= 0.3 is 0 Å². The highest BCUT2D eigenvalue weighted by atomic mass is 16.2. The number of aryl methyl sites for hydroxylation is 1. The van der Waals surface area contributed by atoms with Gasteiger partial charge in [0.1, 0.15) is 0 Å². The van der Waals surface area contributed by atoms with Gasteiger partial charge in [0, 0.05) is 24.7 Å². The van der Waals surface area contributed by atoms with Crippen molar-refractivity contribution < 1.29 is 9.59 Å². The standard InChI is InChI=1S/C18H20N2O2/c1-19-18(22)15-10-6-11-16(13-15)20-17(21)12-5-9-14-7-3-2-4-8-14/h2-4,6-8,10-11,13H,5,9,12H2,1H3,(H,19,22)(H,20,21). The normalized spacial score (nSPS) is 10.0. The molecule has 114 valence electrons. The summed E-state index contributed by atoms with van der Waals surface area (Å²) in [5, 5.41) is 5.39. The molecule has 0 unspecified atom stereocenters. The average Bonchev–Trinajstić information content (AvgIpc) is 2.55. The maximum Gasteiger partial charge on any atom is 0.251 e. The van der Waals surface area contributed by atoms with E-state index >= 15 is 0 Å². The fourth-order valence-electron chi connectivity index (χ4n) is 2.20. The molecule has 2 N–H and O–H groups in total. The first-order valence-corrected chi connectivity index (χ1v) is 7.35. The zero-order chi connectivity index (χ0) is 15.8. The van der Waals surface area contributed by atoms with E-state index in [2.05, 4.69) is 22.8 Å². The summed E-state index contributed by atoms with van der Waals surface area (Å²) >= 11 is 0. The van der Waals surface area contributed by atoms with Crippen molar-refractivity contribution in [3.63, 3.8) is 0 Å². The first-order chi connectivity index (χ1) is 10.7. The van der Waals surface area contributed by atoms with Crippen molar-refractivity contribution in [1.82, 2.24) is 5.32 Å². The van der Waals surface area contributed by atoms with Gasteiger partial charge in [-0.25, -0.2) is 0 Å². The summed E-state index contributed by atoms with van der Waals surface area (Å²) in [6.07, 6.45) is 2.14. The van der Waals surface area contributed by atoms with Crippen molar-refractivity contribution in [3.05, 3.63) is 65.7 Å². The van der Waals surface area contributed by atoms with E-state index < -0.39 is 0 Å². The molecule has 0 radical (unpaired) electrons. The highest BCUT2D eigenvalue weighted by Crippen LogP contribution is 2.12. The summed E-state index contributed by atoms with van der Waals surface area (Å²) in [4.78, 5) is 23.5. The maximum atomic E-state index is 11.9. The van der Waals surface area contributed by atoms with Crippen molar-refractivity contribution in [3.8, 4) is 0 Å². The molecule has 4 nitrogen and oxygen atoms in total. The topological polar surface area (TPSA) is 58.2 Å². The molecule has 2 aromatic carbocycles. The lowest BCUT2D eigenvalue weighted by molar-refractivity contribution is -0.116. The van der Waals surface area contributed by atoms with Crippen molar-refractivity contribution in [1.29, 1.82) is 0 Å². The summed E-state index contributed by atoms with van der Waals surface area (Å²) in [6, 6.07) is 17.0. The molecule has 2 aromatic rings. The van der Waals surface area contributed by atoms with Crippen LogP contribution in [0.25, 0.3) is 0 Å². The molecule has 0 fully saturated rings. The Hall–Kier alpha value is -2.62. The lowest BCUT2D eigenvalue weighted by atomic mass is 10.1. The largest absolute Gasteiger partial charge is 0.355 e. The molecule has 0 aliphatic rings. The number of benzene rings is 2. The monoisotopic (exact) mass is 296 g/mol. The van der Waals surface area contributed by atoms with Crippen LogP contribution >= 0.6 is 0 Å². The van der Waals surface area contributed by atoms with Gasteiger partial charge in [0.05, 0.1) is 0 Å². The molecule has 0 heterocycles. The van der Waals surface area contributed by atoms with Crippen LogP contribution in [0.1, 0.15) is 28.8 Å². The Kier molecular flexibility index (Phi) is 5.72.